The molecule has 0 saturated carbocycles. The molecule has 0 aromatic heterocycles. The predicted molar refractivity (Wildman–Crippen MR) is 43.2 cm³/mol. The van der Waals surface area contributed by atoms with Gasteiger partial charge < -0.3 is 0 Å². The lowest BCUT2D eigenvalue weighted by Gasteiger charge is -2.23. The summed E-state index contributed by atoms with van der Waals surface area (Å²) in [6.07, 6.45) is 5.04. The summed E-state index contributed by atoms with van der Waals surface area (Å²) in [5.41, 5.74) is 0. The van der Waals surface area contributed by atoms with Crippen LogP contribution in [0, 0.1) is 6.42 Å². The molecule has 0 aromatic carbocycles. The highest BCUT2D eigenvalue weighted by atomic mass is 32.2. The Balaban J connectivity index is 2.08. The van der Waals surface area contributed by atoms with Crippen LogP contribution in [0.3, 0.4) is 0 Å². The third kappa shape index (κ3) is 2.59. The lowest BCUT2D eigenvalue weighted by atomic mass is 10.2. The second kappa shape index (κ2) is 4.18. The van der Waals surface area contributed by atoms with Crippen molar-refractivity contribution >= 4 is 11.9 Å². The maximum absolute atomic E-state index is 2.43. The molecule has 0 amide bonds. The summed E-state index contributed by atoms with van der Waals surface area (Å²) in [6.45, 7) is 4.69. The monoisotopic (exact) mass is 144 g/mol. The molecule has 1 aliphatic heterocycles. The molecule has 0 atom stereocenters. The van der Waals surface area contributed by atoms with Gasteiger partial charge in [0, 0.05) is 18.8 Å². The van der Waals surface area contributed by atoms with Crippen LogP contribution in [-0.2, 0) is 0 Å². The number of hydrogen-bond acceptors (Lipinski definition) is 2. The molecule has 1 radical (unpaired) electrons. The topological polar surface area (TPSA) is 3.24 Å². The van der Waals surface area contributed by atoms with E-state index in [4.69, 9.17) is 0 Å². The van der Waals surface area contributed by atoms with Gasteiger partial charge in [0.2, 0.25) is 0 Å². The van der Waals surface area contributed by atoms with E-state index in [2.05, 4.69) is 17.6 Å². The molecule has 0 aliphatic carbocycles. The molecule has 1 aliphatic rings. The summed E-state index contributed by atoms with van der Waals surface area (Å²) in [6, 6.07) is 0. The van der Waals surface area contributed by atoms with Crippen LogP contribution < -0.4 is 0 Å². The third-order valence-corrected chi connectivity index (χ3v) is 2.42. The molecule has 0 bridgehead atoms. The van der Waals surface area contributed by atoms with E-state index < -0.39 is 0 Å². The Morgan fingerprint density at radius 2 is 2.56 bits per heavy atom. The van der Waals surface area contributed by atoms with E-state index in [0.717, 1.165) is 0 Å². The zero-order valence-corrected chi connectivity index (χ0v) is 6.78. The first-order chi connectivity index (χ1) is 4.43. The van der Waals surface area contributed by atoms with Crippen molar-refractivity contribution in [1.29, 1.82) is 0 Å². The van der Waals surface area contributed by atoms with Gasteiger partial charge in [-0.2, -0.15) is 0 Å². The molecule has 0 spiro atoms. The van der Waals surface area contributed by atoms with E-state index in [1.165, 1.54) is 31.7 Å². The van der Waals surface area contributed by atoms with E-state index in [1.807, 2.05) is 11.9 Å². The fourth-order valence-electron chi connectivity index (χ4n) is 1.04. The number of piperidine rings is 1. The number of nitrogens with zero attached hydrogens (tertiary/aromatic N) is 1. The Labute approximate surface area is 61.9 Å². The summed E-state index contributed by atoms with van der Waals surface area (Å²) in [5, 5.41) is 0. The smallest absolute Gasteiger partial charge is 0.0121 e. The molecule has 53 valence electrons. The van der Waals surface area contributed by atoms with Gasteiger partial charge in [0.1, 0.15) is 0 Å². The van der Waals surface area contributed by atoms with Crippen molar-refractivity contribution in [2.75, 3.05) is 18.8 Å². The zero-order valence-electron chi connectivity index (χ0n) is 5.97. The molecule has 0 aromatic rings. The molecule has 0 N–H and O–H groups in total. The first-order valence-corrected chi connectivity index (χ1v) is 4.57. The van der Waals surface area contributed by atoms with Crippen LogP contribution in [0.5, 0.6) is 0 Å². The lowest BCUT2D eigenvalue weighted by Crippen LogP contribution is -2.23. The van der Waals surface area contributed by atoms with Gasteiger partial charge in [-0.25, -0.2) is 0 Å². The van der Waals surface area contributed by atoms with Crippen LogP contribution in [0.15, 0.2) is 0 Å². The molecule has 1 heterocycles. The second-order valence-electron chi connectivity index (χ2n) is 2.24. The highest BCUT2D eigenvalue weighted by Crippen LogP contribution is 2.16. The summed E-state index contributed by atoms with van der Waals surface area (Å²) in [5.74, 6) is 1.22. The molecular formula is C7H14NS. The minimum Gasteiger partial charge on any atom is -0.250 e. The van der Waals surface area contributed by atoms with Gasteiger partial charge in [-0.15, -0.1) is 0 Å². The second-order valence-corrected chi connectivity index (χ2v) is 3.59. The van der Waals surface area contributed by atoms with Crippen molar-refractivity contribution < 1.29 is 0 Å². The minimum atomic E-state index is 1.19. The van der Waals surface area contributed by atoms with Crippen LogP contribution in [0.25, 0.3) is 0 Å². The first kappa shape index (κ1) is 7.42. The van der Waals surface area contributed by atoms with E-state index in [-0.39, 0.29) is 0 Å². The Morgan fingerprint density at radius 1 is 1.67 bits per heavy atom. The molecule has 1 saturated heterocycles. The molecular weight excluding hydrogens is 130 g/mol. The highest BCUT2D eigenvalue weighted by molar-refractivity contribution is 7.96. The van der Waals surface area contributed by atoms with Crippen molar-refractivity contribution in [3.8, 4) is 0 Å². The quantitative estimate of drug-likeness (QED) is 0.545. The molecule has 9 heavy (non-hydrogen) atoms. The van der Waals surface area contributed by atoms with Crippen LogP contribution in [0.4, 0.5) is 0 Å². The largest absolute Gasteiger partial charge is 0.250 e. The third-order valence-electron chi connectivity index (χ3n) is 1.46. The van der Waals surface area contributed by atoms with Crippen molar-refractivity contribution in [2.24, 2.45) is 0 Å². The van der Waals surface area contributed by atoms with Crippen LogP contribution >= 0.6 is 11.9 Å². The first-order valence-electron chi connectivity index (χ1n) is 3.63. The zero-order chi connectivity index (χ0) is 6.53. The molecule has 1 fully saturated rings. The average Bonchev–Trinajstić information content (AvgIpc) is 1.91. The molecule has 1 nitrogen and oxygen atoms in total. The van der Waals surface area contributed by atoms with Crippen molar-refractivity contribution in [3.63, 3.8) is 0 Å². The molecule has 0 unspecified atom stereocenters. The van der Waals surface area contributed by atoms with Crippen LogP contribution in [-0.4, -0.2) is 23.1 Å². The van der Waals surface area contributed by atoms with Crippen LogP contribution in [0.2, 0.25) is 0 Å². The van der Waals surface area contributed by atoms with E-state index in [9.17, 15) is 0 Å². The van der Waals surface area contributed by atoms with Gasteiger partial charge >= 0.3 is 0 Å². The highest BCUT2D eigenvalue weighted by Gasteiger charge is 2.08. The SMILES string of the molecule is CCSN1C[CH]CCC1. The summed E-state index contributed by atoms with van der Waals surface area (Å²) in [4.78, 5) is 0. The van der Waals surface area contributed by atoms with Crippen molar-refractivity contribution in [1.82, 2.24) is 4.31 Å². The Bertz CT molecular complexity index is 66.6. The Morgan fingerprint density at radius 3 is 3.11 bits per heavy atom. The fraction of sp³-hybridized carbons (Fsp3) is 0.857. The maximum atomic E-state index is 2.43. The summed E-state index contributed by atoms with van der Waals surface area (Å²) in [7, 11) is 0. The number of rotatable bonds is 2. The Kier molecular flexibility index (Phi) is 3.44. The van der Waals surface area contributed by atoms with E-state index in [0.29, 0.717) is 0 Å². The van der Waals surface area contributed by atoms with E-state index >= 15 is 0 Å². The molecule has 1 rings (SSSR count). The van der Waals surface area contributed by atoms with Crippen molar-refractivity contribution in [2.45, 2.75) is 19.8 Å². The maximum Gasteiger partial charge on any atom is 0.0121 e. The normalized spacial score (nSPS) is 22.3. The number of hydrogen-bond donors (Lipinski definition) is 0. The van der Waals surface area contributed by atoms with Crippen LogP contribution in [0.1, 0.15) is 19.8 Å². The van der Waals surface area contributed by atoms with Gasteiger partial charge in [0.15, 0.2) is 0 Å². The molecule has 2 heteroatoms. The van der Waals surface area contributed by atoms with Gasteiger partial charge in [-0.05, 0) is 19.3 Å². The summed E-state index contributed by atoms with van der Waals surface area (Å²) < 4.78 is 2.43. The average molecular weight is 144 g/mol. The lowest BCUT2D eigenvalue weighted by molar-refractivity contribution is 0.439. The van der Waals surface area contributed by atoms with E-state index in [1.54, 1.807) is 0 Å². The van der Waals surface area contributed by atoms with Gasteiger partial charge in [0.25, 0.3) is 0 Å². The van der Waals surface area contributed by atoms with Crippen molar-refractivity contribution in [3.05, 3.63) is 6.42 Å². The minimum absolute atomic E-state index is 1.19. The fourth-order valence-corrected chi connectivity index (χ4v) is 1.87. The van der Waals surface area contributed by atoms with Gasteiger partial charge in [-0.1, -0.05) is 18.9 Å². The Hall–Kier alpha value is 0.310. The van der Waals surface area contributed by atoms with Gasteiger partial charge in [-0.3, -0.25) is 4.31 Å². The standard InChI is InChI=1S/C7H14NS/c1-2-9-8-6-4-3-5-7-8/h4H,2-3,5-7H2,1H3. The summed E-state index contributed by atoms with van der Waals surface area (Å²) >= 11 is 1.95. The van der Waals surface area contributed by atoms with Gasteiger partial charge in [0.05, 0.1) is 0 Å². The predicted octanol–water partition coefficient (Wildman–Crippen LogP) is 1.95.